The molecule has 1 amide bonds. The predicted octanol–water partition coefficient (Wildman–Crippen LogP) is 5.85. The molecule has 0 aromatic carbocycles. The van der Waals surface area contributed by atoms with Crippen molar-refractivity contribution in [1.29, 1.82) is 0 Å². The number of halogens is 1. The van der Waals surface area contributed by atoms with E-state index in [2.05, 4.69) is 24.8 Å². The zero-order chi connectivity index (χ0) is 24.6. The molecule has 3 heterocycles. The SMILES string of the molecule is CCC(c1sc2c(c1C)C(=O)N(CC1=C(C)C=C(C)CC1=O)CC2)C1CCN(CC(C)F)CC1. The van der Waals surface area contributed by atoms with E-state index in [1.165, 1.54) is 9.75 Å². The lowest BCUT2D eigenvalue weighted by Crippen LogP contribution is -2.40. The van der Waals surface area contributed by atoms with Crippen molar-refractivity contribution in [3.05, 3.63) is 43.7 Å². The molecule has 2 unspecified atom stereocenters. The van der Waals surface area contributed by atoms with Gasteiger partial charge in [-0.3, -0.25) is 9.59 Å². The van der Waals surface area contributed by atoms with Crippen LogP contribution < -0.4 is 0 Å². The average Bonchev–Trinajstić information content (AvgIpc) is 3.10. The fraction of sp³-hybridized carbons (Fsp3) is 0.643. The van der Waals surface area contributed by atoms with Crippen LogP contribution in [0.2, 0.25) is 0 Å². The topological polar surface area (TPSA) is 40.6 Å². The van der Waals surface area contributed by atoms with Crippen LogP contribution in [0.4, 0.5) is 4.39 Å². The third-order valence-electron chi connectivity index (χ3n) is 7.92. The maximum atomic E-state index is 13.6. The molecule has 0 bridgehead atoms. The van der Waals surface area contributed by atoms with Crippen molar-refractivity contribution in [1.82, 2.24) is 9.80 Å². The van der Waals surface area contributed by atoms with E-state index in [9.17, 15) is 14.0 Å². The van der Waals surface area contributed by atoms with Crippen molar-refractivity contribution in [2.24, 2.45) is 5.92 Å². The molecule has 1 aromatic rings. The summed E-state index contributed by atoms with van der Waals surface area (Å²) < 4.78 is 13.4. The van der Waals surface area contributed by atoms with Crippen LogP contribution in [0.5, 0.6) is 0 Å². The van der Waals surface area contributed by atoms with Gasteiger partial charge >= 0.3 is 0 Å². The molecule has 0 saturated carbocycles. The number of hydrogen-bond donors (Lipinski definition) is 0. The van der Waals surface area contributed by atoms with E-state index in [0.717, 1.165) is 66.6 Å². The van der Waals surface area contributed by atoms with Gasteiger partial charge < -0.3 is 9.80 Å². The lowest BCUT2D eigenvalue weighted by atomic mass is 9.80. The zero-order valence-corrected chi connectivity index (χ0v) is 22.2. The monoisotopic (exact) mass is 486 g/mol. The van der Waals surface area contributed by atoms with E-state index in [4.69, 9.17) is 0 Å². The molecule has 3 aliphatic rings. The Morgan fingerprint density at radius 1 is 1.15 bits per heavy atom. The lowest BCUT2D eigenvalue weighted by Gasteiger charge is -2.36. The van der Waals surface area contributed by atoms with Crippen molar-refractivity contribution in [2.75, 3.05) is 32.7 Å². The highest BCUT2D eigenvalue weighted by molar-refractivity contribution is 7.12. The van der Waals surface area contributed by atoms with Crippen LogP contribution in [0.3, 0.4) is 0 Å². The summed E-state index contributed by atoms with van der Waals surface area (Å²) in [7, 11) is 0. The van der Waals surface area contributed by atoms with E-state index < -0.39 is 6.17 Å². The minimum Gasteiger partial charge on any atom is -0.334 e. The number of Topliss-reactive ketones (excluding diaryl/α,β-unsaturated/α-hetero) is 1. The molecule has 2 atom stereocenters. The molecule has 4 nitrogen and oxygen atoms in total. The maximum absolute atomic E-state index is 13.6. The normalized spacial score (nSPS) is 22.2. The van der Waals surface area contributed by atoms with Gasteiger partial charge in [0.05, 0.1) is 5.56 Å². The summed E-state index contributed by atoms with van der Waals surface area (Å²) in [6, 6.07) is 0. The summed E-state index contributed by atoms with van der Waals surface area (Å²) in [6.45, 7) is 13.5. The van der Waals surface area contributed by atoms with Crippen molar-refractivity contribution in [3.8, 4) is 0 Å². The molecule has 4 rings (SSSR count). The fourth-order valence-electron chi connectivity index (χ4n) is 6.17. The Bertz CT molecular complexity index is 1010. The first-order valence-electron chi connectivity index (χ1n) is 12.9. The highest BCUT2D eigenvalue weighted by Gasteiger charge is 2.35. The number of rotatable bonds is 7. The Labute approximate surface area is 207 Å². The summed E-state index contributed by atoms with van der Waals surface area (Å²) in [5, 5.41) is 0. The Balaban J connectivity index is 1.51. The van der Waals surface area contributed by atoms with Gasteiger partial charge in [0, 0.05) is 47.8 Å². The molecular weight excluding hydrogens is 447 g/mol. The number of thiophene rings is 1. The minimum absolute atomic E-state index is 0.0854. The first-order valence-corrected chi connectivity index (χ1v) is 13.7. The van der Waals surface area contributed by atoms with Gasteiger partial charge in [0.25, 0.3) is 5.91 Å². The van der Waals surface area contributed by atoms with Gasteiger partial charge in [-0.05, 0) is 83.0 Å². The van der Waals surface area contributed by atoms with Gasteiger partial charge in [-0.15, -0.1) is 11.3 Å². The molecular formula is C28H39FN2O2S. The van der Waals surface area contributed by atoms with Gasteiger partial charge in [-0.25, -0.2) is 4.39 Å². The van der Waals surface area contributed by atoms with Crippen LogP contribution >= 0.6 is 11.3 Å². The summed E-state index contributed by atoms with van der Waals surface area (Å²) in [5.41, 5.74) is 4.91. The third kappa shape index (κ3) is 5.08. The Morgan fingerprint density at radius 2 is 1.85 bits per heavy atom. The second kappa shape index (κ2) is 10.4. The van der Waals surface area contributed by atoms with Crippen molar-refractivity contribution < 1.29 is 14.0 Å². The van der Waals surface area contributed by atoms with Crippen LogP contribution in [0.25, 0.3) is 0 Å². The van der Waals surface area contributed by atoms with Crippen LogP contribution in [0.15, 0.2) is 22.8 Å². The summed E-state index contributed by atoms with van der Waals surface area (Å²) in [5.74, 6) is 1.28. The number of nitrogens with zero attached hydrogens (tertiary/aromatic N) is 2. The highest BCUT2D eigenvalue weighted by atomic mass is 32.1. The number of fused-ring (bicyclic) bond motifs is 1. The van der Waals surface area contributed by atoms with E-state index >= 15 is 0 Å². The molecule has 0 spiro atoms. The second-order valence-corrected chi connectivity index (χ2v) is 11.7. The predicted molar refractivity (Wildman–Crippen MR) is 138 cm³/mol. The molecule has 0 radical (unpaired) electrons. The molecule has 1 aromatic heterocycles. The third-order valence-corrected chi connectivity index (χ3v) is 9.40. The maximum Gasteiger partial charge on any atom is 0.255 e. The Hall–Kier alpha value is -1.79. The molecule has 1 fully saturated rings. The number of hydrogen-bond acceptors (Lipinski definition) is 4. The summed E-state index contributed by atoms with van der Waals surface area (Å²) in [4.78, 5) is 32.9. The number of piperidine rings is 1. The molecule has 186 valence electrons. The van der Waals surface area contributed by atoms with Crippen LogP contribution in [0.1, 0.15) is 85.0 Å². The van der Waals surface area contributed by atoms with Gasteiger partial charge in [0.15, 0.2) is 5.78 Å². The van der Waals surface area contributed by atoms with Gasteiger partial charge in [0.2, 0.25) is 0 Å². The number of alkyl halides is 1. The minimum atomic E-state index is -0.776. The number of carbonyl (C=O) groups is 2. The standard InChI is InChI=1S/C28H39FN2O2S/c1-6-22(21-7-10-30(11-8-21)15-19(4)29)27-20(5)26-25(34-27)9-12-31(28(26)33)16-23-18(3)13-17(2)14-24(23)32/h13,19,21-22H,6-12,14-16H2,1-5H3. The first kappa shape index (κ1) is 25.3. The molecule has 34 heavy (non-hydrogen) atoms. The second-order valence-electron chi connectivity index (χ2n) is 10.6. The number of carbonyl (C=O) groups excluding carboxylic acids is 2. The molecule has 2 aliphatic heterocycles. The zero-order valence-electron chi connectivity index (χ0n) is 21.4. The van der Waals surface area contributed by atoms with Gasteiger partial charge in [-0.2, -0.15) is 0 Å². The number of allylic oxidation sites excluding steroid dienone is 3. The average molecular weight is 487 g/mol. The first-order chi connectivity index (χ1) is 16.2. The summed E-state index contributed by atoms with van der Waals surface area (Å²) in [6.07, 6.45) is 5.88. The fourth-order valence-corrected chi connectivity index (χ4v) is 7.73. The Morgan fingerprint density at radius 3 is 2.47 bits per heavy atom. The van der Waals surface area contributed by atoms with Crippen LogP contribution in [-0.4, -0.2) is 60.4 Å². The van der Waals surface area contributed by atoms with Crippen molar-refractivity contribution in [3.63, 3.8) is 0 Å². The van der Waals surface area contributed by atoms with Crippen molar-refractivity contribution in [2.45, 2.75) is 78.8 Å². The van der Waals surface area contributed by atoms with E-state index in [1.807, 2.05) is 30.1 Å². The van der Waals surface area contributed by atoms with Gasteiger partial charge in [0.1, 0.15) is 6.17 Å². The molecule has 1 aliphatic carbocycles. The largest absolute Gasteiger partial charge is 0.334 e. The summed E-state index contributed by atoms with van der Waals surface area (Å²) >= 11 is 1.84. The number of ketones is 1. The number of likely N-dealkylation sites (tertiary alicyclic amines) is 1. The van der Waals surface area contributed by atoms with E-state index in [-0.39, 0.29) is 11.7 Å². The smallest absolute Gasteiger partial charge is 0.255 e. The van der Waals surface area contributed by atoms with Crippen LogP contribution in [-0.2, 0) is 11.2 Å². The highest BCUT2D eigenvalue weighted by Crippen LogP contribution is 2.44. The molecule has 1 saturated heterocycles. The molecule has 6 heteroatoms. The van der Waals surface area contributed by atoms with Crippen molar-refractivity contribution >= 4 is 23.0 Å². The Kier molecular flexibility index (Phi) is 7.78. The van der Waals surface area contributed by atoms with E-state index in [1.54, 1.807) is 6.92 Å². The molecule has 0 N–H and O–H groups in total. The lowest BCUT2D eigenvalue weighted by molar-refractivity contribution is -0.115. The van der Waals surface area contributed by atoms with E-state index in [0.29, 0.717) is 37.9 Å². The number of amides is 1. The quantitative estimate of drug-likeness (QED) is 0.485. The van der Waals surface area contributed by atoms with Crippen LogP contribution in [0, 0.1) is 12.8 Å². The van der Waals surface area contributed by atoms with Gasteiger partial charge in [-0.1, -0.05) is 18.6 Å².